The van der Waals surface area contributed by atoms with Gasteiger partial charge in [-0.2, -0.15) is 0 Å². The maximum Gasteiger partial charge on any atom is 0.256 e. The highest BCUT2D eigenvalue weighted by Gasteiger charge is 2.20. The number of para-hydroxylation sites is 1. The third-order valence-corrected chi connectivity index (χ3v) is 5.61. The molecule has 2 amide bonds. The summed E-state index contributed by atoms with van der Waals surface area (Å²) < 4.78 is 5.62. The lowest BCUT2D eigenvalue weighted by molar-refractivity contribution is 0.0950. The summed E-state index contributed by atoms with van der Waals surface area (Å²) in [4.78, 5) is 26.8. The summed E-state index contributed by atoms with van der Waals surface area (Å²) in [5.74, 6) is 0.481. The van der Waals surface area contributed by atoms with E-state index in [4.69, 9.17) is 4.74 Å². The molecule has 1 heterocycles. The number of hydrogen-bond acceptors (Lipinski definition) is 4. The Morgan fingerprint density at radius 2 is 1.76 bits per heavy atom. The molecule has 0 atom stereocenters. The number of fused-ring (bicyclic) bond motifs is 2. The van der Waals surface area contributed by atoms with Crippen molar-refractivity contribution < 1.29 is 14.3 Å². The van der Waals surface area contributed by atoms with Gasteiger partial charge >= 0.3 is 0 Å². The van der Waals surface area contributed by atoms with E-state index >= 15 is 0 Å². The van der Waals surface area contributed by atoms with E-state index in [2.05, 4.69) is 10.6 Å². The molecule has 0 fully saturated rings. The molecule has 4 rings (SSSR count). The Hall–Kier alpha value is -3.25. The SMILES string of the molecule is O=C(NCCCOc1ccccc1)c1ccc2c(c1)NC(=O)c1ccccc1S2. The highest BCUT2D eigenvalue weighted by atomic mass is 32.2. The van der Waals surface area contributed by atoms with Gasteiger partial charge in [0.25, 0.3) is 11.8 Å². The first-order valence-corrected chi connectivity index (χ1v) is 10.2. The summed E-state index contributed by atoms with van der Waals surface area (Å²) in [6.07, 6.45) is 0.702. The van der Waals surface area contributed by atoms with Crippen LogP contribution in [0.2, 0.25) is 0 Å². The Kier molecular flexibility index (Phi) is 5.81. The maximum absolute atomic E-state index is 12.5. The molecule has 0 radical (unpaired) electrons. The topological polar surface area (TPSA) is 67.4 Å². The van der Waals surface area contributed by atoms with Crippen LogP contribution >= 0.6 is 11.8 Å². The van der Waals surface area contributed by atoms with E-state index in [1.807, 2.05) is 54.6 Å². The van der Waals surface area contributed by atoms with Crippen molar-refractivity contribution in [2.45, 2.75) is 16.2 Å². The first-order chi connectivity index (χ1) is 14.2. The summed E-state index contributed by atoms with van der Waals surface area (Å²) in [6, 6.07) is 22.4. The van der Waals surface area contributed by atoms with Gasteiger partial charge in [0.05, 0.1) is 17.9 Å². The molecule has 6 heteroatoms. The second kappa shape index (κ2) is 8.84. The van der Waals surface area contributed by atoms with Crippen molar-refractivity contribution in [3.05, 3.63) is 83.9 Å². The van der Waals surface area contributed by atoms with Gasteiger partial charge < -0.3 is 15.4 Å². The van der Waals surface area contributed by atoms with Crippen LogP contribution in [-0.4, -0.2) is 25.0 Å². The Bertz CT molecular complexity index is 1040. The minimum Gasteiger partial charge on any atom is -0.494 e. The van der Waals surface area contributed by atoms with Gasteiger partial charge in [-0.05, 0) is 48.9 Å². The number of amides is 2. The average molecular weight is 404 g/mol. The third-order valence-electron chi connectivity index (χ3n) is 4.46. The van der Waals surface area contributed by atoms with E-state index in [-0.39, 0.29) is 11.8 Å². The summed E-state index contributed by atoms with van der Waals surface area (Å²) in [5.41, 5.74) is 1.80. The molecule has 0 aromatic heterocycles. The zero-order valence-electron chi connectivity index (χ0n) is 15.7. The lowest BCUT2D eigenvalue weighted by Gasteiger charge is -2.10. The molecule has 1 aliphatic heterocycles. The van der Waals surface area contributed by atoms with E-state index in [1.54, 1.807) is 18.2 Å². The van der Waals surface area contributed by atoms with Gasteiger partial charge in [-0.3, -0.25) is 9.59 Å². The van der Waals surface area contributed by atoms with Crippen LogP contribution in [0.15, 0.2) is 82.6 Å². The van der Waals surface area contributed by atoms with E-state index < -0.39 is 0 Å². The summed E-state index contributed by atoms with van der Waals surface area (Å²) >= 11 is 1.52. The molecule has 5 nitrogen and oxygen atoms in total. The van der Waals surface area contributed by atoms with Crippen LogP contribution in [0.25, 0.3) is 0 Å². The normalized spacial score (nSPS) is 12.2. The predicted octanol–water partition coefficient (Wildman–Crippen LogP) is 4.60. The fourth-order valence-electron chi connectivity index (χ4n) is 2.99. The largest absolute Gasteiger partial charge is 0.494 e. The van der Waals surface area contributed by atoms with E-state index in [0.29, 0.717) is 36.4 Å². The quantitative estimate of drug-likeness (QED) is 0.589. The Morgan fingerprint density at radius 3 is 2.62 bits per heavy atom. The summed E-state index contributed by atoms with van der Waals surface area (Å²) in [5, 5.41) is 5.81. The molecule has 0 unspecified atom stereocenters. The third kappa shape index (κ3) is 4.60. The average Bonchev–Trinajstić information content (AvgIpc) is 2.89. The molecule has 3 aromatic rings. The predicted molar refractivity (Wildman–Crippen MR) is 114 cm³/mol. The van der Waals surface area contributed by atoms with Gasteiger partial charge in [0.15, 0.2) is 0 Å². The molecule has 2 N–H and O–H groups in total. The zero-order valence-corrected chi connectivity index (χ0v) is 16.5. The fraction of sp³-hybridized carbons (Fsp3) is 0.130. The number of carbonyl (C=O) groups is 2. The molecule has 1 aliphatic rings. The second-order valence-electron chi connectivity index (χ2n) is 6.53. The van der Waals surface area contributed by atoms with E-state index in [9.17, 15) is 9.59 Å². The van der Waals surface area contributed by atoms with Crippen LogP contribution in [0, 0.1) is 0 Å². The monoisotopic (exact) mass is 404 g/mol. The number of carbonyl (C=O) groups excluding carboxylic acids is 2. The maximum atomic E-state index is 12.5. The van der Waals surface area contributed by atoms with Crippen LogP contribution in [0.1, 0.15) is 27.1 Å². The molecular formula is C23H20N2O3S. The molecule has 0 spiro atoms. The number of hydrogen-bond donors (Lipinski definition) is 2. The van der Waals surface area contributed by atoms with Crippen molar-refractivity contribution in [3.63, 3.8) is 0 Å². The minimum atomic E-state index is -0.173. The van der Waals surface area contributed by atoms with Crippen LogP contribution in [-0.2, 0) is 0 Å². The number of benzene rings is 3. The van der Waals surface area contributed by atoms with Gasteiger partial charge in [0.1, 0.15) is 5.75 Å². The first kappa shape index (κ1) is 19.1. The molecule has 0 saturated carbocycles. The molecule has 146 valence electrons. The Labute approximate surface area is 173 Å². The summed E-state index contributed by atoms with van der Waals surface area (Å²) in [7, 11) is 0. The molecule has 0 saturated heterocycles. The molecule has 0 bridgehead atoms. The Morgan fingerprint density at radius 1 is 0.966 bits per heavy atom. The molecular weight excluding hydrogens is 384 g/mol. The number of anilines is 1. The van der Waals surface area contributed by atoms with Gasteiger partial charge in [-0.1, -0.05) is 42.1 Å². The van der Waals surface area contributed by atoms with Crippen molar-refractivity contribution in [3.8, 4) is 5.75 Å². The second-order valence-corrected chi connectivity index (χ2v) is 7.62. The van der Waals surface area contributed by atoms with Crippen LogP contribution < -0.4 is 15.4 Å². The van der Waals surface area contributed by atoms with Crippen molar-refractivity contribution in [2.24, 2.45) is 0 Å². The molecule has 3 aromatic carbocycles. The van der Waals surface area contributed by atoms with Gasteiger partial charge in [-0.15, -0.1) is 0 Å². The highest BCUT2D eigenvalue weighted by molar-refractivity contribution is 7.99. The first-order valence-electron chi connectivity index (χ1n) is 9.39. The Balaban J connectivity index is 1.34. The highest BCUT2D eigenvalue weighted by Crippen LogP contribution is 2.38. The van der Waals surface area contributed by atoms with Gasteiger partial charge in [0.2, 0.25) is 0 Å². The van der Waals surface area contributed by atoms with Crippen LogP contribution in [0.5, 0.6) is 5.75 Å². The smallest absolute Gasteiger partial charge is 0.256 e. The zero-order chi connectivity index (χ0) is 20.1. The van der Waals surface area contributed by atoms with E-state index in [0.717, 1.165) is 15.5 Å². The number of rotatable bonds is 6. The molecule has 0 aliphatic carbocycles. The standard InChI is InChI=1S/C23H20N2O3S/c26-22(24-13-6-14-28-17-7-2-1-3-8-17)16-11-12-21-19(15-16)25-23(27)18-9-4-5-10-20(18)29-21/h1-5,7-12,15H,6,13-14H2,(H,24,26)(H,25,27). The van der Waals surface area contributed by atoms with Crippen LogP contribution in [0.4, 0.5) is 5.69 Å². The van der Waals surface area contributed by atoms with Crippen molar-refractivity contribution in [1.29, 1.82) is 0 Å². The summed E-state index contributed by atoms with van der Waals surface area (Å²) in [6.45, 7) is 1.04. The fourth-order valence-corrected chi connectivity index (χ4v) is 4.00. The molecule has 29 heavy (non-hydrogen) atoms. The minimum absolute atomic E-state index is 0.164. The lowest BCUT2D eigenvalue weighted by Crippen LogP contribution is -2.25. The van der Waals surface area contributed by atoms with Crippen molar-refractivity contribution >= 4 is 29.3 Å². The number of ether oxygens (including phenoxy) is 1. The van der Waals surface area contributed by atoms with E-state index in [1.165, 1.54) is 11.8 Å². The number of nitrogens with one attached hydrogen (secondary N) is 2. The van der Waals surface area contributed by atoms with Crippen molar-refractivity contribution in [2.75, 3.05) is 18.5 Å². The van der Waals surface area contributed by atoms with Crippen molar-refractivity contribution in [1.82, 2.24) is 5.32 Å². The lowest BCUT2D eigenvalue weighted by atomic mass is 10.1. The van der Waals surface area contributed by atoms with Gasteiger partial charge in [-0.25, -0.2) is 0 Å². The van der Waals surface area contributed by atoms with Crippen LogP contribution in [0.3, 0.4) is 0 Å². The van der Waals surface area contributed by atoms with Gasteiger partial charge in [0, 0.05) is 21.9 Å².